The minimum atomic E-state index is -0.0783. The minimum Gasteiger partial charge on any atom is -0.370 e. The van der Waals surface area contributed by atoms with Crippen LogP contribution in [0.3, 0.4) is 0 Å². The van der Waals surface area contributed by atoms with Gasteiger partial charge in [0.05, 0.1) is 19.3 Å². The summed E-state index contributed by atoms with van der Waals surface area (Å²) >= 11 is 0. The number of nitrogens with one attached hydrogen (secondary N) is 1. The largest absolute Gasteiger partial charge is 0.370 e. The molecule has 5 nitrogen and oxygen atoms in total. The Labute approximate surface area is 149 Å². The summed E-state index contributed by atoms with van der Waals surface area (Å²) in [6, 6.07) is 10.2. The molecule has 0 aliphatic heterocycles. The maximum Gasteiger partial charge on any atom is 0.189 e. The van der Waals surface area contributed by atoms with Crippen LogP contribution in [0.5, 0.6) is 0 Å². The third kappa shape index (κ3) is 6.46. The lowest BCUT2D eigenvalue weighted by atomic mass is 10.1. The van der Waals surface area contributed by atoms with E-state index in [2.05, 4.69) is 27.5 Å². The number of hydrogen-bond acceptors (Lipinski definition) is 2. The zero-order chi connectivity index (χ0) is 15.3. The molecule has 1 aromatic carbocycles. The van der Waals surface area contributed by atoms with E-state index >= 15 is 0 Å². The average molecular weight is 413 g/mol. The zero-order valence-corrected chi connectivity index (χ0v) is 15.6. The van der Waals surface area contributed by atoms with E-state index in [-0.39, 0.29) is 29.5 Å². The molecule has 0 unspecified atom stereocenters. The van der Waals surface area contributed by atoms with Gasteiger partial charge >= 0.3 is 0 Å². The molecular formula is C16H24IN5. The van der Waals surface area contributed by atoms with Gasteiger partial charge in [-0.05, 0) is 26.3 Å². The highest BCUT2D eigenvalue weighted by molar-refractivity contribution is 14.0. The monoisotopic (exact) mass is 413 g/mol. The first kappa shape index (κ1) is 18.5. The highest BCUT2D eigenvalue weighted by Gasteiger charge is 2.09. The van der Waals surface area contributed by atoms with Gasteiger partial charge in [0.15, 0.2) is 5.96 Å². The summed E-state index contributed by atoms with van der Waals surface area (Å²) in [6.45, 7) is 7.44. The summed E-state index contributed by atoms with van der Waals surface area (Å²) in [5.74, 6) is 0.457. The lowest BCUT2D eigenvalue weighted by Crippen LogP contribution is -2.44. The van der Waals surface area contributed by atoms with Crippen LogP contribution in [0, 0.1) is 0 Å². The van der Waals surface area contributed by atoms with Gasteiger partial charge in [0.2, 0.25) is 0 Å². The molecular weight excluding hydrogens is 389 g/mol. The van der Waals surface area contributed by atoms with Crippen molar-refractivity contribution in [3.05, 3.63) is 53.9 Å². The highest BCUT2D eigenvalue weighted by Crippen LogP contribution is 2.05. The normalized spacial score (nSPS) is 11.9. The first-order valence-corrected chi connectivity index (χ1v) is 7.06. The Kier molecular flexibility index (Phi) is 6.86. The number of aromatic nitrogens is 2. The molecule has 3 N–H and O–H groups in total. The minimum absolute atomic E-state index is 0. The molecule has 1 heterocycles. The third-order valence-electron chi connectivity index (χ3n) is 2.81. The van der Waals surface area contributed by atoms with Gasteiger partial charge in [0.25, 0.3) is 0 Å². The van der Waals surface area contributed by atoms with Gasteiger partial charge in [-0.2, -0.15) is 5.10 Å². The maximum atomic E-state index is 5.85. The van der Waals surface area contributed by atoms with E-state index in [1.165, 1.54) is 5.56 Å². The second-order valence-corrected chi connectivity index (χ2v) is 6.11. The van der Waals surface area contributed by atoms with Gasteiger partial charge in [-0.3, -0.25) is 4.68 Å². The Bertz CT molecular complexity index is 598. The average Bonchev–Trinajstić information content (AvgIpc) is 2.83. The first-order chi connectivity index (χ1) is 9.92. The number of hydrogen-bond donors (Lipinski definition) is 2. The molecule has 6 heteroatoms. The van der Waals surface area contributed by atoms with Crippen molar-refractivity contribution in [3.8, 4) is 0 Å². The molecule has 22 heavy (non-hydrogen) atoms. The van der Waals surface area contributed by atoms with E-state index in [0.717, 1.165) is 12.1 Å². The first-order valence-electron chi connectivity index (χ1n) is 7.06. The van der Waals surface area contributed by atoms with E-state index in [9.17, 15) is 0 Å². The van der Waals surface area contributed by atoms with Crippen LogP contribution < -0.4 is 11.1 Å². The number of halogens is 1. The zero-order valence-electron chi connectivity index (χ0n) is 13.3. The van der Waals surface area contributed by atoms with Crippen molar-refractivity contribution in [2.24, 2.45) is 10.7 Å². The molecule has 120 valence electrons. The molecule has 0 bridgehead atoms. The molecule has 0 atom stereocenters. The van der Waals surface area contributed by atoms with Crippen molar-refractivity contribution in [1.82, 2.24) is 15.1 Å². The molecule has 1 aromatic heterocycles. The molecule has 0 saturated carbocycles. The van der Waals surface area contributed by atoms with Crippen LogP contribution in [-0.4, -0.2) is 21.3 Å². The van der Waals surface area contributed by atoms with Gasteiger partial charge in [-0.25, -0.2) is 4.99 Å². The molecule has 0 spiro atoms. The molecule has 0 fully saturated rings. The molecule has 2 rings (SSSR count). The molecule has 2 aromatic rings. The third-order valence-corrected chi connectivity index (χ3v) is 2.81. The summed E-state index contributed by atoms with van der Waals surface area (Å²) < 4.78 is 1.91. The van der Waals surface area contributed by atoms with Crippen LogP contribution in [0.15, 0.2) is 47.7 Å². The predicted molar refractivity (Wildman–Crippen MR) is 101 cm³/mol. The van der Waals surface area contributed by atoms with E-state index in [1.807, 2.05) is 56.0 Å². The number of benzene rings is 1. The fourth-order valence-corrected chi connectivity index (χ4v) is 1.95. The van der Waals surface area contributed by atoms with Crippen LogP contribution >= 0.6 is 24.0 Å². The Hall–Kier alpha value is -1.57. The van der Waals surface area contributed by atoms with Gasteiger partial charge in [-0.15, -0.1) is 24.0 Å². The van der Waals surface area contributed by atoms with Crippen molar-refractivity contribution < 1.29 is 0 Å². The van der Waals surface area contributed by atoms with Gasteiger partial charge < -0.3 is 11.1 Å². The van der Waals surface area contributed by atoms with Crippen LogP contribution in [0.1, 0.15) is 31.9 Å². The van der Waals surface area contributed by atoms with Crippen LogP contribution in [0.2, 0.25) is 0 Å². The Morgan fingerprint density at radius 1 is 1.23 bits per heavy atom. The van der Waals surface area contributed by atoms with Crippen LogP contribution in [0.4, 0.5) is 0 Å². The number of guanidine groups is 1. The van der Waals surface area contributed by atoms with E-state index in [0.29, 0.717) is 12.5 Å². The van der Waals surface area contributed by atoms with E-state index in [4.69, 9.17) is 5.73 Å². The summed E-state index contributed by atoms with van der Waals surface area (Å²) in [4.78, 5) is 4.33. The van der Waals surface area contributed by atoms with Crippen molar-refractivity contribution in [2.75, 3.05) is 0 Å². The summed E-state index contributed by atoms with van der Waals surface area (Å²) in [5, 5.41) is 7.49. The van der Waals surface area contributed by atoms with Crippen molar-refractivity contribution in [1.29, 1.82) is 0 Å². The second-order valence-electron chi connectivity index (χ2n) is 6.11. The van der Waals surface area contributed by atoms with Gasteiger partial charge in [0.1, 0.15) is 0 Å². The smallest absolute Gasteiger partial charge is 0.189 e. The fourth-order valence-electron chi connectivity index (χ4n) is 1.95. The number of rotatable bonds is 4. The van der Waals surface area contributed by atoms with Crippen molar-refractivity contribution in [2.45, 2.75) is 39.4 Å². The Balaban J connectivity index is 0.00000242. The standard InChI is InChI=1S/C16H23N5.HI/c1-16(2,3)20-15(17)18-9-14-10-19-21(12-14)11-13-7-5-4-6-8-13;/h4-8,10,12H,9,11H2,1-3H3,(H3,17,18,20);1H. The molecule has 0 amide bonds. The highest BCUT2D eigenvalue weighted by atomic mass is 127. The van der Waals surface area contributed by atoms with E-state index < -0.39 is 0 Å². The Morgan fingerprint density at radius 2 is 1.91 bits per heavy atom. The van der Waals surface area contributed by atoms with Crippen molar-refractivity contribution in [3.63, 3.8) is 0 Å². The van der Waals surface area contributed by atoms with Crippen molar-refractivity contribution >= 4 is 29.9 Å². The van der Waals surface area contributed by atoms with Crippen LogP contribution in [-0.2, 0) is 13.1 Å². The molecule has 0 saturated heterocycles. The van der Waals surface area contributed by atoms with E-state index in [1.54, 1.807) is 0 Å². The predicted octanol–water partition coefficient (Wildman–Crippen LogP) is 2.75. The topological polar surface area (TPSA) is 68.2 Å². The van der Waals surface area contributed by atoms with Crippen LogP contribution in [0.25, 0.3) is 0 Å². The quantitative estimate of drug-likeness (QED) is 0.460. The lowest BCUT2D eigenvalue weighted by Gasteiger charge is -2.20. The molecule has 0 aliphatic rings. The second kappa shape index (κ2) is 8.17. The molecule has 0 radical (unpaired) electrons. The van der Waals surface area contributed by atoms with Gasteiger partial charge in [-0.1, -0.05) is 30.3 Å². The summed E-state index contributed by atoms with van der Waals surface area (Å²) in [7, 11) is 0. The number of aliphatic imine (C=N–C) groups is 1. The fraction of sp³-hybridized carbons (Fsp3) is 0.375. The number of nitrogens with two attached hydrogens (primary N) is 1. The van der Waals surface area contributed by atoms with Gasteiger partial charge in [0, 0.05) is 17.3 Å². The Morgan fingerprint density at radius 3 is 2.55 bits per heavy atom. The SMILES string of the molecule is CC(C)(C)NC(N)=NCc1cnn(Cc2ccccc2)c1.I. The lowest BCUT2D eigenvalue weighted by molar-refractivity contribution is 0.508. The number of nitrogens with zero attached hydrogens (tertiary/aromatic N) is 3. The summed E-state index contributed by atoms with van der Waals surface area (Å²) in [6.07, 6.45) is 3.83. The molecule has 0 aliphatic carbocycles. The maximum absolute atomic E-state index is 5.85. The summed E-state index contributed by atoms with van der Waals surface area (Å²) in [5.41, 5.74) is 8.04.